The fourth-order valence-corrected chi connectivity index (χ4v) is 2.82. The molecule has 0 saturated carbocycles. The summed E-state index contributed by atoms with van der Waals surface area (Å²) in [7, 11) is 0. The van der Waals surface area contributed by atoms with Gasteiger partial charge in [0, 0.05) is 31.9 Å². The number of carbonyl (C=O) groups excluding carboxylic acids is 1. The van der Waals surface area contributed by atoms with E-state index in [2.05, 4.69) is 27.5 Å². The standard InChI is InChI=1S/C14H24N4O/c1-2-5-14(6-8-15-11-14)13(19)18-7-3-4-12-16-9-10-17-12/h9-10,15H,2-8,11H2,1H3,(H,16,17)(H,18,19). The number of hydrogen-bond acceptors (Lipinski definition) is 3. The number of carbonyl (C=O) groups is 1. The van der Waals surface area contributed by atoms with E-state index in [1.807, 2.05) is 6.20 Å². The highest BCUT2D eigenvalue weighted by Gasteiger charge is 2.39. The van der Waals surface area contributed by atoms with Gasteiger partial charge in [0.05, 0.1) is 5.41 Å². The molecule has 0 aromatic carbocycles. The highest BCUT2D eigenvalue weighted by atomic mass is 16.2. The normalized spacial score (nSPS) is 22.6. The molecule has 1 aromatic rings. The highest BCUT2D eigenvalue weighted by molar-refractivity contribution is 5.83. The van der Waals surface area contributed by atoms with E-state index in [4.69, 9.17) is 0 Å². The zero-order valence-corrected chi connectivity index (χ0v) is 11.7. The Morgan fingerprint density at radius 2 is 2.47 bits per heavy atom. The van der Waals surface area contributed by atoms with Crippen molar-refractivity contribution in [3.8, 4) is 0 Å². The van der Waals surface area contributed by atoms with Gasteiger partial charge in [-0.1, -0.05) is 13.3 Å². The molecule has 1 fully saturated rings. The van der Waals surface area contributed by atoms with Gasteiger partial charge in [0.25, 0.3) is 0 Å². The minimum atomic E-state index is -0.167. The number of nitrogens with zero attached hydrogens (tertiary/aromatic N) is 1. The molecule has 5 heteroatoms. The first kappa shape index (κ1) is 14.1. The maximum Gasteiger partial charge on any atom is 0.227 e. The summed E-state index contributed by atoms with van der Waals surface area (Å²) in [5.74, 6) is 1.21. The number of nitrogens with one attached hydrogen (secondary N) is 3. The molecule has 19 heavy (non-hydrogen) atoms. The first-order chi connectivity index (χ1) is 9.27. The second kappa shape index (κ2) is 6.70. The quantitative estimate of drug-likeness (QED) is 0.649. The fraction of sp³-hybridized carbons (Fsp3) is 0.714. The molecule has 1 amide bonds. The van der Waals surface area contributed by atoms with Gasteiger partial charge >= 0.3 is 0 Å². The SMILES string of the molecule is CCCC1(C(=O)NCCCc2ncc[nH]2)CCNC1. The molecule has 0 bridgehead atoms. The van der Waals surface area contributed by atoms with Crippen molar-refractivity contribution in [3.63, 3.8) is 0 Å². The lowest BCUT2D eigenvalue weighted by molar-refractivity contribution is -0.130. The lowest BCUT2D eigenvalue weighted by atomic mass is 9.81. The van der Waals surface area contributed by atoms with Crippen molar-refractivity contribution in [2.75, 3.05) is 19.6 Å². The summed E-state index contributed by atoms with van der Waals surface area (Å²) in [5.41, 5.74) is -0.167. The average molecular weight is 264 g/mol. The minimum Gasteiger partial charge on any atom is -0.356 e. The van der Waals surface area contributed by atoms with Crippen LogP contribution in [0.1, 0.15) is 38.4 Å². The number of aromatic nitrogens is 2. The van der Waals surface area contributed by atoms with Crippen molar-refractivity contribution >= 4 is 5.91 Å². The molecule has 1 aliphatic rings. The van der Waals surface area contributed by atoms with Crippen LogP contribution in [-0.4, -0.2) is 35.5 Å². The van der Waals surface area contributed by atoms with Crippen molar-refractivity contribution in [2.24, 2.45) is 5.41 Å². The van der Waals surface area contributed by atoms with Gasteiger partial charge < -0.3 is 15.6 Å². The molecule has 1 aromatic heterocycles. The summed E-state index contributed by atoms with van der Waals surface area (Å²) in [6.45, 7) is 4.65. The van der Waals surface area contributed by atoms with Gasteiger partial charge in [-0.05, 0) is 25.8 Å². The number of hydrogen-bond donors (Lipinski definition) is 3. The van der Waals surface area contributed by atoms with Crippen LogP contribution in [0.15, 0.2) is 12.4 Å². The first-order valence-electron chi connectivity index (χ1n) is 7.24. The van der Waals surface area contributed by atoms with E-state index in [1.165, 1.54) is 0 Å². The topological polar surface area (TPSA) is 69.8 Å². The van der Waals surface area contributed by atoms with E-state index in [0.717, 1.165) is 57.6 Å². The van der Waals surface area contributed by atoms with E-state index in [-0.39, 0.29) is 11.3 Å². The zero-order chi connectivity index (χ0) is 13.6. The van der Waals surface area contributed by atoms with E-state index >= 15 is 0 Å². The molecule has 0 spiro atoms. The summed E-state index contributed by atoms with van der Waals surface area (Å²) in [4.78, 5) is 19.6. The third-order valence-electron chi connectivity index (χ3n) is 3.88. The van der Waals surface area contributed by atoms with Gasteiger partial charge in [-0.3, -0.25) is 4.79 Å². The van der Waals surface area contributed by atoms with Crippen LogP contribution in [0.25, 0.3) is 0 Å². The average Bonchev–Trinajstić information content (AvgIpc) is 3.06. The van der Waals surface area contributed by atoms with Crippen molar-refractivity contribution < 1.29 is 4.79 Å². The second-order valence-electron chi connectivity index (χ2n) is 5.35. The molecule has 1 aliphatic heterocycles. The highest BCUT2D eigenvalue weighted by Crippen LogP contribution is 2.31. The van der Waals surface area contributed by atoms with Crippen LogP contribution >= 0.6 is 0 Å². The maximum atomic E-state index is 12.3. The Labute approximate surface area is 114 Å². The van der Waals surface area contributed by atoms with Crippen LogP contribution in [0.3, 0.4) is 0 Å². The Hall–Kier alpha value is -1.36. The van der Waals surface area contributed by atoms with E-state index < -0.39 is 0 Å². The molecular formula is C14H24N4O. The van der Waals surface area contributed by atoms with Gasteiger partial charge in [0.15, 0.2) is 0 Å². The van der Waals surface area contributed by atoms with Crippen molar-refractivity contribution in [1.29, 1.82) is 0 Å². The molecule has 2 heterocycles. The molecule has 0 radical (unpaired) electrons. The predicted octanol–water partition coefficient (Wildman–Crippen LogP) is 1.24. The van der Waals surface area contributed by atoms with Crippen molar-refractivity contribution in [1.82, 2.24) is 20.6 Å². The second-order valence-corrected chi connectivity index (χ2v) is 5.35. The number of H-pyrrole nitrogens is 1. The maximum absolute atomic E-state index is 12.3. The molecule has 1 atom stereocenters. The summed E-state index contributed by atoms with van der Waals surface area (Å²) in [6, 6.07) is 0. The monoisotopic (exact) mass is 264 g/mol. The van der Waals surface area contributed by atoms with Gasteiger partial charge in [-0.2, -0.15) is 0 Å². The number of aromatic amines is 1. The Balaban J connectivity index is 1.73. The van der Waals surface area contributed by atoms with Crippen LogP contribution in [0.2, 0.25) is 0 Å². The summed E-state index contributed by atoms with van der Waals surface area (Å²) in [6.07, 6.45) is 8.39. The summed E-state index contributed by atoms with van der Waals surface area (Å²) < 4.78 is 0. The molecule has 106 valence electrons. The van der Waals surface area contributed by atoms with E-state index in [0.29, 0.717) is 0 Å². The predicted molar refractivity (Wildman–Crippen MR) is 74.7 cm³/mol. The third kappa shape index (κ3) is 3.56. The van der Waals surface area contributed by atoms with Crippen LogP contribution in [0.5, 0.6) is 0 Å². The first-order valence-corrected chi connectivity index (χ1v) is 7.24. The Morgan fingerprint density at radius 3 is 3.11 bits per heavy atom. The molecule has 3 N–H and O–H groups in total. The largest absolute Gasteiger partial charge is 0.356 e. The third-order valence-corrected chi connectivity index (χ3v) is 3.88. The van der Waals surface area contributed by atoms with Gasteiger partial charge in [0.2, 0.25) is 5.91 Å². The molecule has 1 unspecified atom stereocenters. The van der Waals surface area contributed by atoms with E-state index in [9.17, 15) is 4.79 Å². The Bertz CT molecular complexity index is 382. The molecule has 2 rings (SSSR count). The number of imidazole rings is 1. The van der Waals surface area contributed by atoms with E-state index in [1.54, 1.807) is 6.20 Å². The van der Waals surface area contributed by atoms with Crippen LogP contribution in [-0.2, 0) is 11.2 Å². The van der Waals surface area contributed by atoms with Crippen LogP contribution in [0, 0.1) is 5.41 Å². The fourth-order valence-electron chi connectivity index (χ4n) is 2.82. The molecular weight excluding hydrogens is 240 g/mol. The van der Waals surface area contributed by atoms with Crippen LogP contribution < -0.4 is 10.6 Å². The Kier molecular flexibility index (Phi) is 4.96. The van der Waals surface area contributed by atoms with Gasteiger partial charge in [0.1, 0.15) is 5.82 Å². The Morgan fingerprint density at radius 1 is 1.58 bits per heavy atom. The zero-order valence-electron chi connectivity index (χ0n) is 11.7. The smallest absolute Gasteiger partial charge is 0.227 e. The van der Waals surface area contributed by atoms with Crippen molar-refractivity contribution in [2.45, 2.75) is 39.0 Å². The van der Waals surface area contributed by atoms with Crippen molar-refractivity contribution in [3.05, 3.63) is 18.2 Å². The number of rotatable bonds is 7. The summed E-state index contributed by atoms with van der Waals surface area (Å²) in [5, 5.41) is 6.41. The number of aryl methyl sites for hydroxylation is 1. The lowest BCUT2D eigenvalue weighted by Crippen LogP contribution is -2.42. The molecule has 1 saturated heterocycles. The molecule has 5 nitrogen and oxygen atoms in total. The number of amides is 1. The molecule has 0 aliphatic carbocycles. The van der Waals surface area contributed by atoms with Gasteiger partial charge in [-0.25, -0.2) is 4.98 Å². The minimum absolute atomic E-state index is 0.167. The van der Waals surface area contributed by atoms with Crippen LogP contribution in [0.4, 0.5) is 0 Å². The lowest BCUT2D eigenvalue weighted by Gasteiger charge is -2.26. The van der Waals surface area contributed by atoms with Gasteiger partial charge in [-0.15, -0.1) is 0 Å². The summed E-state index contributed by atoms with van der Waals surface area (Å²) >= 11 is 0.